The second-order valence-corrected chi connectivity index (χ2v) is 5.65. The second kappa shape index (κ2) is 4.97. The van der Waals surface area contributed by atoms with E-state index in [9.17, 15) is 0 Å². The maximum Gasteiger partial charge on any atom is 0.0165 e. The maximum absolute atomic E-state index is 2.55. The van der Waals surface area contributed by atoms with Gasteiger partial charge in [-0.05, 0) is 31.2 Å². The van der Waals surface area contributed by atoms with Crippen molar-refractivity contribution in [2.75, 3.05) is 19.6 Å². The molecule has 1 aliphatic heterocycles. The smallest absolute Gasteiger partial charge is 0.0165 e. The van der Waals surface area contributed by atoms with Gasteiger partial charge < -0.3 is 0 Å². The Kier molecular flexibility index (Phi) is 4.18. The third kappa shape index (κ3) is 4.28. The lowest BCUT2D eigenvalue weighted by Crippen LogP contribution is -2.30. The molecule has 0 atom stereocenters. The molecule has 0 unspecified atom stereocenters. The van der Waals surface area contributed by atoms with Crippen molar-refractivity contribution in [1.29, 1.82) is 0 Å². The van der Waals surface area contributed by atoms with Gasteiger partial charge in [0, 0.05) is 13.1 Å². The SMILES string of the molecule is CCCN1CC=C(CC(C)(C)C)CC1. The van der Waals surface area contributed by atoms with E-state index in [0.29, 0.717) is 5.41 Å². The van der Waals surface area contributed by atoms with Crippen LogP contribution in [0, 0.1) is 5.41 Å². The topological polar surface area (TPSA) is 3.24 Å². The molecule has 1 heterocycles. The highest BCUT2D eigenvalue weighted by atomic mass is 15.1. The first-order valence-electron chi connectivity index (χ1n) is 5.91. The highest BCUT2D eigenvalue weighted by Gasteiger charge is 2.16. The first-order chi connectivity index (χ1) is 6.51. The summed E-state index contributed by atoms with van der Waals surface area (Å²) >= 11 is 0. The maximum atomic E-state index is 2.55. The van der Waals surface area contributed by atoms with Crippen molar-refractivity contribution in [2.24, 2.45) is 5.41 Å². The summed E-state index contributed by atoms with van der Waals surface area (Å²) in [6.45, 7) is 13.0. The molecule has 1 aliphatic rings. The fraction of sp³-hybridized carbons (Fsp3) is 0.846. The molecule has 0 saturated carbocycles. The van der Waals surface area contributed by atoms with E-state index in [1.54, 1.807) is 5.57 Å². The molecule has 0 saturated heterocycles. The molecule has 0 aliphatic carbocycles. The van der Waals surface area contributed by atoms with Gasteiger partial charge in [0.05, 0.1) is 0 Å². The van der Waals surface area contributed by atoms with Crippen molar-refractivity contribution in [2.45, 2.75) is 47.0 Å². The summed E-state index contributed by atoms with van der Waals surface area (Å²) in [5, 5.41) is 0. The van der Waals surface area contributed by atoms with Gasteiger partial charge in [-0.15, -0.1) is 0 Å². The Labute approximate surface area is 89.2 Å². The fourth-order valence-electron chi connectivity index (χ4n) is 2.11. The van der Waals surface area contributed by atoms with Crippen LogP contribution in [0.15, 0.2) is 11.6 Å². The summed E-state index contributed by atoms with van der Waals surface area (Å²) in [5.74, 6) is 0. The summed E-state index contributed by atoms with van der Waals surface area (Å²) < 4.78 is 0. The van der Waals surface area contributed by atoms with E-state index in [-0.39, 0.29) is 0 Å². The van der Waals surface area contributed by atoms with Crippen molar-refractivity contribution in [3.8, 4) is 0 Å². The van der Waals surface area contributed by atoms with Gasteiger partial charge in [-0.2, -0.15) is 0 Å². The number of hydrogen-bond donors (Lipinski definition) is 0. The lowest BCUT2D eigenvalue weighted by atomic mass is 9.86. The van der Waals surface area contributed by atoms with E-state index >= 15 is 0 Å². The van der Waals surface area contributed by atoms with Crippen LogP contribution in [-0.2, 0) is 0 Å². The Bertz CT molecular complexity index is 198. The van der Waals surface area contributed by atoms with Crippen LogP contribution < -0.4 is 0 Å². The van der Waals surface area contributed by atoms with Crippen molar-refractivity contribution in [3.05, 3.63) is 11.6 Å². The zero-order valence-corrected chi connectivity index (χ0v) is 10.3. The summed E-state index contributed by atoms with van der Waals surface area (Å²) in [5.41, 5.74) is 2.13. The normalized spacial score (nSPS) is 19.6. The summed E-state index contributed by atoms with van der Waals surface area (Å²) in [6, 6.07) is 0. The molecule has 0 bridgehead atoms. The summed E-state index contributed by atoms with van der Waals surface area (Å²) in [4.78, 5) is 2.55. The largest absolute Gasteiger partial charge is 0.299 e. The van der Waals surface area contributed by atoms with Crippen LogP contribution in [0.3, 0.4) is 0 Å². The Hall–Kier alpha value is -0.300. The summed E-state index contributed by atoms with van der Waals surface area (Å²) in [6.07, 6.45) is 6.29. The van der Waals surface area contributed by atoms with Gasteiger partial charge in [0.15, 0.2) is 0 Å². The van der Waals surface area contributed by atoms with E-state index in [2.05, 4.69) is 38.7 Å². The molecule has 0 fully saturated rings. The molecular weight excluding hydrogens is 170 g/mol. The van der Waals surface area contributed by atoms with E-state index in [1.165, 1.54) is 38.9 Å². The Morgan fingerprint density at radius 2 is 2.07 bits per heavy atom. The number of nitrogens with zero attached hydrogens (tertiary/aromatic N) is 1. The van der Waals surface area contributed by atoms with Crippen molar-refractivity contribution in [1.82, 2.24) is 4.90 Å². The first kappa shape index (κ1) is 11.8. The molecule has 0 aromatic heterocycles. The minimum atomic E-state index is 0.457. The second-order valence-electron chi connectivity index (χ2n) is 5.65. The van der Waals surface area contributed by atoms with Gasteiger partial charge >= 0.3 is 0 Å². The van der Waals surface area contributed by atoms with Gasteiger partial charge in [0.1, 0.15) is 0 Å². The van der Waals surface area contributed by atoms with E-state index < -0.39 is 0 Å². The number of rotatable bonds is 3. The quantitative estimate of drug-likeness (QED) is 0.623. The van der Waals surface area contributed by atoms with Gasteiger partial charge in [-0.1, -0.05) is 39.3 Å². The van der Waals surface area contributed by atoms with E-state index in [1.807, 2.05) is 0 Å². The van der Waals surface area contributed by atoms with Crippen molar-refractivity contribution >= 4 is 0 Å². The van der Waals surface area contributed by atoms with E-state index in [4.69, 9.17) is 0 Å². The monoisotopic (exact) mass is 195 g/mol. The lowest BCUT2D eigenvalue weighted by molar-refractivity contribution is 0.285. The molecule has 82 valence electrons. The minimum Gasteiger partial charge on any atom is -0.299 e. The molecule has 0 spiro atoms. The average Bonchev–Trinajstić information content (AvgIpc) is 2.06. The molecule has 1 rings (SSSR count). The van der Waals surface area contributed by atoms with Gasteiger partial charge in [0.2, 0.25) is 0 Å². The van der Waals surface area contributed by atoms with Gasteiger partial charge in [-0.25, -0.2) is 0 Å². The zero-order valence-electron chi connectivity index (χ0n) is 10.3. The zero-order chi connectivity index (χ0) is 10.6. The minimum absolute atomic E-state index is 0.457. The average molecular weight is 195 g/mol. The van der Waals surface area contributed by atoms with Crippen molar-refractivity contribution < 1.29 is 0 Å². The molecule has 1 heteroatoms. The fourth-order valence-corrected chi connectivity index (χ4v) is 2.11. The highest BCUT2D eigenvalue weighted by Crippen LogP contribution is 2.27. The molecule has 0 aromatic rings. The van der Waals surface area contributed by atoms with Crippen LogP contribution in [0.25, 0.3) is 0 Å². The molecule has 0 radical (unpaired) electrons. The predicted octanol–water partition coefficient (Wildman–Crippen LogP) is 3.46. The number of hydrogen-bond acceptors (Lipinski definition) is 1. The van der Waals surface area contributed by atoms with Crippen LogP contribution in [0.5, 0.6) is 0 Å². The Balaban J connectivity index is 2.37. The first-order valence-corrected chi connectivity index (χ1v) is 5.91. The standard InChI is InChI=1S/C13H25N/c1-5-8-14-9-6-12(7-10-14)11-13(2,3)4/h6H,5,7-11H2,1-4H3. The van der Waals surface area contributed by atoms with Crippen LogP contribution in [0.2, 0.25) is 0 Å². The molecule has 14 heavy (non-hydrogen) atoms. The molecule has 0 aromatic carbocycles. The Morgan fingerprint density at radius 3 is 2.50 bits per heavy atom. The lowest BCUT2D eigenvalue weighted by Gasteiger charge is -2.28. The van der Waals surface area contributed by atoms with Crippen LogP contribution in [0.1, 0.15) is 47.0 Å². The predicted molar refractivity (Wildman–Crippen MR) is 63.5 cm³/mol. The molecule has 1 nitrogen and oxygen atoms in total. The molecular formula is C13H25N. The third-order valence-electron chi connectivity index (χ3n) is 2.68. The van der Waals surface area contributed by atoms with Crippen LogP contribution >= 0.6 is 0 Å². The van der Waals surface area contributed by atoms with Gasteiger partial charge in [0.25, 0.3) is 0 Å². The van der Waals surface area contributed by atoms with Crippen LogP contribution in [-0.4, -0.2) is 24.5 Å². The van der Waals surface area contributed by atoms with Gasteiger partial charge in [-0.3, -0.25) is 4.90 Å². The summed E-state index contributed by atoms with van der Waals surface area (Å²) in [7, 11) is 0. The Morgan fingerprint density at radius 1 is 1.36 bits per heavy atom. The van der Waals surface area contributed by atoms with E-state index in [0.717, 1.165) is 0 Å². The van der Waals surface area contributed by atoms with Crippen molar-refractivity contribution in [3.63, 3.8) is 0 Å². The highest BCUT2D eigenvalue weighted by molar-refractivity contribution is 5.09. The third-order valence-corrected chi connectivity index (χ3v) is 2.68. The molecule has 0 amide bonds. The van der Waals surface area contributed by atoms with Crippen LogP contribution in [0.4, 0.5) is 0 Å². The molecule has 0 N–H and O–H groups in total.